The molecule has 1 saturated heterocycles. The largest absolute Gasteiger partial charge is 0.497 e. The molecule has 0 aliphatic carbocycles. The van der Waals surface area contributed by atoms with Crippen LogP contribution >= 0.6 is 0 Å². The van der Waals surface area contributed by atoms with Gasteiger partial charge in [-0.2, -0.15) is 0 Å². The van der Waals surface area contributed by atoms with Crippen LogP contribution in [0.2, 0.25) is 0 Å². The molecule has 0 amide bonds. The van der Waals surface area contributed by atoms with Crippen molar-refractivity contribution < 1.29 is 14.2 Å². The van der Waals surface area contributed by atoms with Crippen LogP contribution in [0.3, 0.4) is 0 Å². The predicted octanol–water partition coefficient (Wildman–Crippen LogP) is 8.66. The zero-order valence-corrected chi connectivity index (χ0v) is 26.3. The Bertz CT molecular complexity index is 1930. The van der Waals surface area contributed by atoms with E-state index in [2.05, 4.69) is 84.5 Å². The summed E-state index contributed by atoms with van der Waals surface area (Å²) in [4.78, 5) is 10.2. The van der Waals surface area contributed by atoms with Crippen molar-refractivity contribution in [3.63, 3.8) is 0 Å². The highest BCUT2D eigenvalue weighted by molar-refractivity contribution is 6.07. The van der Waals surface area contributed by atoms with Crippen LogP contribution < -0.4 is 24.0 Å². The van der Waals surface area contributed by atoms with Gasteiger partial charge in [-0.25, -0.2) is 0 Å². The monoisotopic (exact) mass is 597 g/mol. The van der Waals surface area contributed by atoms with Gasteiger partial charge < -0.3 is 24.0 Å². The van der Waals surface area contributed by atoms with E-state index in [4.69, 9.17) is 19.2 Å². The molecule has 8 rings (SSSR count). The van der Waals surface area contributed by atoms with E-state index in [0.717, 1.165) is 52.5 Å². The quantitative estimate of drug-likeness (QED) is 0.196. The summed E-state index contributed by atoms with van der Waals surface area (Å²) in [5, 5.41) is 4.70. The molecule has 1 unspecified atom stereocenters. The Morgan fingerprint density at radius 3 is 2.40 bits per heavy atom. The van der Waals surface area contributed by atoms with Gasteiger partial charge in [0, 0.05) is 41.3 Å². The molecule has 1 spiro atoms. The topological polar surface area (TPSA) is 46.5 Å². The molecule has 0 radical (unpaired) electrons. The Hall–Kier alpha value is -4.71. The molecule has 1 atom stereocenters. The van der Waals surface area contributed by atoms with E-state index in [1.807, 2.05) is 36.4 Å². The fourth-order valence-corrected chi connectivity index (χ4v) is 7.73. The maximum atomic E-state index is 7.40. The summed E-state index contributed by atoms with van der Waals surface area (Å²) in [7, 11) is 1.73. The van der Waals surface area contributed by atoms with Crippen LogP contribution in [0.1, 0.15) is 38.7 Å². The van der Waals surface area contributed by atoms with Gasteiger partial charge in [0.1, 0.15) is 23.8 Å². The van der Waals surface area contributed by atoms with Crippen LogP contribution in [0.4, 0.5) is 17.1 Å². The lowest BCUT2D eigenvalue weighted by molar-refractivity contribution is 0.0755. The van der Waals surface area contributed by atoms with Gasteiger partial charge in [0.05, 0.1) is 25.3 Å². The van der Waals surface area contributed by atoms with Gasteiger partial charge in [0.2, 0.25) is 5.72 Å². The van der Waals surface area contributed by atoms with Crippen LogP contribution in [-0.2, 0) is 5.41 Å². The molecular weight excluding hydrogens is 558 g/mol. The Labute approximate surface area is 264 Å². The van der Waals surface area contributed by atoms with E-state index >= 15 is 0 Å². The van der Waals surface area contributed by atoms with Crippen molar-refractivity contribution in [1.29, 1.82) is 0 Å². The van der Waals surface area contributed by atoms with Crippen molar-refractivity contribution in [2.45, 2.75) is 44.2 Å². The summed E-state index contributed by atoms with van der Waals surface area (Å²) < 4.78 is 19.3. The van der Waals surface area contributed by atoms with Gasteiger partial charge in [0.25, 0.3) is 0 Å². The molecule has 45 heavy (non-hydrogen) atoms. The van der Waals surface area contributed by atoms with Crippen molar-refractivity contribution in [2.24, 2.45) is 4.99 Å². The molecule has 0 aromatic heterocycles. The number of rotatable bonds is 6. The van der Waals surface area contributed by atoms with Crippen LogP contribution in [0.15, 0.2) is 96.0 Å². The third-order valence-corrected chi connectivity index (χ3v) is 10.0. The van der Waals surface area contributed by atoms with Crippen LogP contribution in [0, 0.1) is 0 Å². The molecule has 0 N–H and O–H groups in total. The number of piperidine rings is 1. The van der Waals surface area contributed by atoms with E-state index in [1.54, 1.807) is 7.11 Å². The lowest BCUT2D eigenvalue weighted by atomic mass is 9.75. The van der Waals surface area contributed by atoms with Gasteiger partial charge in [-0.15, -0.1) is 0 Å². The average Bonchev–Trinajstić information content (AvgIpc) is 3.26. The van der Waals surface area contributed by atoms with Crippen molar-refractivity contribution >= 4 is 44.8 Å². The zero-order valence-electron chi connectivity index (χ0n) is 26.3. The number of nitrogens with zero attached hydrogens (tertiary/aromatic N) is 3. The van der Waals surface area contributed by atoms with Gasteiger partial charge in [-0.1, -0.05) is 48.5 Å². The third kappa shape index (κ3) is 4.33. The first-order valence-electron chi connectivity index (χ1n) is 16.1. The molecule has 3 heterocycles. The molecule has 5 aromatic carbocycles. The molecule has 5 aromatic rings. The molecule has 6 nitrogen and oxygen atoms in total. The van der Waals surface area contributed by atoms with E-state index in [-0.39, 0.29) is 0 Å². The molecule has 0 saturated carbocycles. The van der Waals surface area contributed by atoms with Gasteiger partial charge in [-0.05, 0) is 85.8 Å². The fraction of sp³-hybridized carbons (Fsp3) is 0.308. The lowest BCUT2D eigenvalue weighted by Gasteiger charge is -2.46. The second-order valence-corrected chi connectivity index (χ2v) is 12.9. The SMILES string of the molecule is COc1ccc2c3c(cc(N4CCCCC4)c2c1)OC1(C=N3)N(CCOc2ccccc2)c2ccc3ccccc3c2C1(C)C. The van der Waals surface area contributed by atoms with E-state index < -0.39 is 11.1 Å². The zero-order chi connectivity index (χ0) is 30.6. The minimum atomic E-state index is -0.855. The Morgan fingerprint density at radius 2 is 1.58 bits per heavy atom. The smallest absolute Gasteiger partial charge is 0.229 e. The average molecular weight is 598 g/mol. The number of hydrogen-bond donors (Lipinski definition) is 0. The first-order valence-corrected chi connectivity index (χ1v) is 16.1. The highest BCUT2D eigenvalue weighted by Crippen LogP contribution is 2.57. The molecule has 3 aliphatic rings. The summed E-state index contributed by atoms with van der Waals surface area (Å²) in [6, 6.07) is 31.7. The van der Waals surface area contributed by atoms with Crippen molar-refractivity contribution in [2.75, 3.05) is 43.2 Å². The van der Waals surface area contributed by atoms with Crippen LogP contribution in [-0.4, -0.2) is 45.3 Å². The second kappa shape index (κ2) is 10.7. The number of benzene rings is 5. The van der Waals surface area contributed by atoms with Crippen molar-refractivity contribution in [3.05, 3.63) is 96.6 Å². The number of anilines is 2. The summed E-state index contributed by atoms with van der Waals surface area (Å²) >= 11 is 0. The van der Waals surface area contributed by atoms with Crippen molar-refractivity contribution in [3.8, 4) is 17.2 Å². The van der Waals surface area contributed by atoms with Gasteiger partial charge in [0.15, 0.2) is 5.75 Å². The molecule has 1 fully saturated rings. The first-order chi connectivity index (χ1) is 22.0. The molecule has 3 aliphatic heterocycles. The van der Waals surface area contributed by atoms with E-state index in [9.17, 15) is 0 Å². The number of hydrogen-bond acceptors (Lipinski definition) is 6. The maximum absolute atomic E-state index is 7.40. The number of ether oxygens (including phenoxy) is 3. The minimum Gasteiger partial charge on any atom is -0.497 e. The molecule has 228 valence electrons. The Morgan fingerprint density at radius 1 is 0.778 bits per heavy atom. The van der Waals surface area contributed by atoms with Crippen LogP contribution in [0.25, 0.3) is 21.5 Å². The number of aliphatic imine (C=N–C) groups is 1. The van der Waals surface area contributed by atoms with Gasteiger partial charge >= 0.3 is 0 Å². The maximum Gasteiger partial charge on any atom is 0.229 e. The van der Waals surface area contributed by atoms with E-state index in [1.165, 1.54) is 41.3 Å². The normalized spacial score (nSPS) is 19.9. The number of para-hydroxylation sites is 1. The summed E-state index contributed by atoms with van der Waals surface area (Å²) in [6.45, 7) is 7.80. The molecule has 6 heteroatoms. The minimum absolute atomic E-state index is 0.433. The Balaban J connectivity index is 1.28. The Kier molecular flexibility index (Phi) is 6.63. The lowest BCUT2D eigenvalue weighted by Crippen LogP contribution is -2.63. The van der Waals surface area contributed by atoms with Gasteiger partial charge in [-0.3, -0.25) is 4.99 Å². The number of fused-ring (bicyclic) bond motifs is 6. The molecular formula is C39H39N3O3. The summed E-state index contributed by atoms with van der Waals surface area (Å²) in [5.41, 5.74) is 3.20. The third-order valence-electron chi connectivity index (χ3n) is 10.0. The van der Waals surface area contributed by atoms with Crippen LogP contribution in [0.5, 0.6) is 17.2 Å². The van der Waals surface area contributed by atoms with E-state index in [0.29, 0.717) is 13.2 Å². The highest BCUT2D eigenvalue weighted by Gasteiger charge is 2.60. The predicted molar refractivity (Wildman–Crippen MR) is 184 cm³/mol. The summed E-state index contributed by atoms with van der Waals surface area (Å²) in [6.07, 6.45) is 5.70. The second-order valence-electron chi connectivity index (χ2n) is 12.9. The first kappa shape index (κ1) is 27.8. The number of methoxy groups -OCH3 is 1. The standard InChI is InChI=1S/C39H39N3O3/c1-38(2)36-30-15-9-8-12-27(30)16-19-33(36)42(22-23-44-28-13-6-4-7-14-28)39(38)26-40-37-31-18-17-29(43-3)24-32(31)34(25-35(37)45-39)41-20-10-5-11-21-41/h4,6-9,12-19,24-26H,5,10-11,20-23H2,1-3H3. The molecule has 0 bridgehead atoms. The summed E-state index contributed by atoms with van der Waals surface area (Å²) in [5.74, 6) is 2.53. The highest BCUT2D eigenvalue weighted by atomic mass is 16.5. The fourth-order valence-electron chi connectivity index (χ4n) is 7.73. The van der Waals surface area contributed by atoms with Crippen molar-refractivity contribution in [1.82, 2.24) is 0 Å².